The molecule has 1 aliphatic heterocycles. The van der Waals surface area contributed by atoms with Crippen molar-refractivity contribution in [3.63, 3.8) is 0 Å². The fraction of sp³-hybridized carbons (Fsp3) is 0.400. The zero-order valence-electron chi connectivity index (χ0n) is 18.9. The monoisotopic (exact) mass is 450 g/mol. The lowest BCUT2D eigenvalue weighted by Crippen LogP contribution is -2.47. The highest BCUT2D eigenvalue weighted by atomic mass is 16.5. The molecular weight excluding hydrogens is 420 g/mol. The third-order valence-electron chi connectivity index (χ3n) is 5.70. The molecule has 0 spiro atoms. The van der Waals surface area contributed by atoms with E-state index in [4.69, 9.17) is 15.1 Å². The van der Waals surface area contributed by atoms with Crippen molar-refractivity contribution in [2.75, 3.05) is 39.3 Å². The van der Waals surface area contributed by atoms with Crippen LogP contribution >= 0.6 is 0 Å². The molecule has 1 aliphatic rings. The molecule has 33 heavy (non-hydrogen) atoms. The van der Waals surface area contributed by atoms with Crippen LogP contribution in [-0.4, -0.2) is 72.3 Å². The van der Waals surface area contributed by atoms with Gasteiger partial charge in [0, 0.05) is 26.2 Å². The number of nitrogens with one attached hydrogen (secondary N) is 1. The minimum atomic E-state index is -1.18. The Balaban J connectivity index is 1.39. The number of hydrogen-bond donors (Lipinski definition) is 2. The first kappa shape index (κ1) is 24.1. The first-order valence-corrected chi connectivity index (χ1v) is 11.2. The van der Waals surface area contributed by atoms with Crippen LogP contribution in [0.1, 0.15) is 25.3 Å². The minimum Gasteiger partial charge on any atom is -0.494 e. The van der Waals surface area contributed by atoms with E-state index < -0.39 is 12.1 Å². The molecule has 3 rings (SSSR count). The molecular formula is C25H30N4O4. The Morgan fingerprint density at radius 3 is 2.36 bits per heavy atom. The van der Waals surface area contributed by atoms with Crippen LogP contribution in [-0.2, 0) is 4.79 Å². The molecule has 0 unspecified atom stereocenters. The lowest BCUT2D eigenvalue weighted by molar-refractivity contribution is -0.132. The van der Waals surface area contributed by atoms with Crippen LogP contribution in [0.4, 0.5) is 4.79 Å². The number of carbonyl (C=O) groups excluding carboxylic acids is 1. The molecule has 0 aromatic heterocycles. The number of nitrogens with zero attached hydrogens (tertiary/aromatic N) is 3. The average Bonchev–Trinajstić information content (AvgIpc) is 3.07. The van der Waals surface area contributed by atoms with Crippen molar-refractivity contribution in [3.05, 3.63) is 54.1 Å². The van der Waals surface area contributed by atoms with Crippen molar-refractivity contribution in [3.8, 4) is 22.9 Å². The van der Waals surface area contributed by atoms with E-state index in [2.05, 4.69) is 16.3 Å². The molecule has 0 aliphatic carbocycles. The van der Waals surface area contributed by atoms with Crippen LogP contribution in [0, 0.1) is 11.3 Å². The van der Waals surface area contributed by atoms with Gasteiger partial charge in [-0.25, -0.2) is 4.79 Å². The summed E-state index contributed by atoms with van der Waals surface area (Å²) >= 11 is 0. The number of carboxylic acid groups (broad SMARTS) is 1. The van der Waals surface area contributed by atoms with Gasteiger partial charge in [0.1, 0.15) is 11.8 Å². The van der Waals surface area contributed by atoms with Crippen molar-refractivity contribution < 1.29 is 19.4 Å². The Bertz CT molecular complexity index is 969. The molecule has 2 amide bonds. The Kier molecular flexibility index (Phi) is 8.67. The second-order valence-corrected chi connectivity index (χ2v) is 8.11. The Morgan fingerprint density at radius 2 is 1.73 bits per heavy atom. The lowest BCUT2D eigenvalue weighted by Gasteiger charge is -2.24. The van der Waals surface area contributed by atoms with Gasteiger partial charge in [-0.2, -0.15) is 5.26 Å². The van der Waals surface area contributed by atoms with Gasteiger partial charge in [-0.15, -0.1) is 0 Å². The van der Waals surface area contributed by atoms with E-state index in [9.17, 15) is 9.59 Å². The summed E-state index contributed by atoms with van der Waals surface area (Å²) in [6, 6.07) is 16.8. The van der Waals surface area contributed by atoms with Gasteiger partial charge >= 0.3 is 6.09 Å². The maximum atomic E-state index is 12.4. The van der Waals surface area contributed by atoms with Crippen molar-refractivity contribution in [1.29, 1.82) is 5.26 Å². The highest BCUT2D eigenvalue weighted by Crippen LogP contribution is 2.23. The molecule has 0 radical (unpaired) electrons. The second-order valence-electron chi connectivity index (χ2n) is 8.11. The van der Waals surface area contributed by atoms with Gasteiger partial charge in [0.05, 0.1) is 18.2 Å². The summed E-state index contributed by atoms with van der Waals surface area (Å²) in [5.41, 5.74) is 2.78. The zero-order chi connectivity index (χ0) is 23.6. The van der Waals surface area contributed by atoms with E-state index in [1.807, 2.05) is 48.5 Å². The fourth-order valence-electron chi connectivity index (χ4n) is 3.89. The highest BCUT2D eigenvalue weighted by Gasteiger charge is 2.24. The maximum absolute atomic E-state index is 12.4. The van der Waals surface area contributed by atoms with E-state index >= 15 is 0 Å². The van der Waals surface area contributed by atoms with Crippen LogP contribution < -0.4 is 10.1 Å². The second kappa shape index (κ2) is 11.9. The third kappa shape index (κ3) is 7.22. The van der Waals surface area contributed by atoms with E-state index in [0.29, 0.717) is 25.3 Å². The van der Waals surface area contributed by atoms with Crippen LogP contribution in [0.3, 0.4) is 0 Å². The van der Waals surface area contributed by atoms with E-state index in [1.165, 1.54) is 0 Å². The van der Waals surface area contributed by atoms with Gasteiger partial charge in [0.2, 0.25) is 5.91 Å². The predicted molar refractivity (Wildman–Crippen MR) is 125 cm³/mol. The van der Waals surface area contributed by atoms with Crippen LogP contribution in [0.25, 0.3) is 11.1 Å². The molecule has 0 saturated carbocycles. The van der Waals surface area contributed by atoms with Gasteiger partial charge < -0.3 is 25.0 Å². The molecule has 1 heterocycles. The largest absolute Gasteiger partial charge is 0.494 e. The number of carbonyl (C=O) groups is 2. The number of amides is 2. The summed E-state index contributed by atoms with van der Waals surface area (Å²) in [6.07, 6.45) is 0.557. The topological polar surface area (TPSA) is 106 Å². The predicted octanol–water partition coefficient (Wildman–Crippen LogP) is 3.18. The van der Waals surface area contributed by atoms with Crippen molar-refractivity contribution in [1.82, 2.24) is 15.1 Å². The van der Waals surface area contributed by atoms with Gasteiger partial charge in [0.25, 0.3) is 0 Å². The number of benzene rings is 2. The minimum absolute atomic E-state index is 0.174. The summed E-state index contributed by atoms with van der Waals surface area (Å²) in [5.74, 6) is 0.645. The van der Waals surface area contributed by atoms with Crippen LogP contribution in [0.5, 0.6) is 5.75 Å². The summed E-state index contributed by atoms with van der Waals surface area (Å²) < 4.78 is 5.89. The summed E-state index contributed by atoms with van der Waals surface area (Å²) in [7, 11) is 0. The standard InChI is InChI=1S/C25H30N4O4/c1-19(27-25(31)32)24(30)29-14-2-12-28(15-16-29)13-3-17-33-23-10-8-22(9-11-23)21-6-4-20(18-26)5-7-21/h4-11,19,27H,2-3,12-17H2,1H3,(H,31,32)/t19-/m0/s1. The SMILES string of the molecule is C[C@H](NC(=O)O)C(=O)N1CCCN(CCCOc2ccc(-c3ccc(C#N)cc3)cc2)CC1. The normalized spacial score (nSPS) is 15.2. The van der Waals surface area contributed by atoms with Gasteiger partial charge in [-0.1, -0.05) is 24.3 Å². The number of rotatable bonds is 8. The van der Waals surface area contributed by atoms with Crippen LogP contribution in [0.2, 0.25) is 0 Å². The fourth-order valence-corrected chi connectivity index (χ4v) is 3.89. The van der Waals surface area contributed by atoms with Crippen LogP contribution in [0.15, 0.2) is 48.5 Å². The molecule has 8 heteroatoms. The summed E-state index contributed by atoms with van der Waals surface area (Å²) in [4.78, 5) is 27.2. The van der Waals surface area contributed by atoms with E-state index in [1.54, 1.807) is 11.8 Å². The molecule has 1 fully saturated rings. The molecule has 8 nitrogen and oxygen atoms in total. The molecule has 1 atom stereocenters. The average molecular weight is 451 g/mol. The molecule has 0 bridgehead atoms. The summed E-state index contributed by atoms with van der Waals surface area (Å²) in [5, 5.41) is 19.9. The first-order chi connectivity index (χ1) is 16.0. The molecule has 1 saturated heterocycles. The summed E-state index contributed by atoms with van der Waals surface area (Å²) in [6.45, 7) is 5.98. The highest BCUT2D eigenvalue weighted by molar-refractivity contribution is 5.84. The van der Waals surface area contributed by atoms with Gasteiger partial charge in [-0.3, -0.25) is 4.79 Å². The maximum Gasteiger partial charge on any atom is 0.405 e. The van der Waals surface area contributed by atoms with Crippen molar-refractivity contribution >= 4 is 12.0 Å². The van der Waals surface area contributed by atoms with Gasteiger partial charge in [0.15, 0.2) is 0 Å². The molecule has 2 aromatic rings. The number of nitriles is 1. The Hall–Kier alpha value is -3.57. The van der Waals surface area contributed by atoms with E-state index in [0.717, 1.165) is 49.4 Å². The smallest absolute Gasteiger partial charge is 0.405 e. The third-order valence-corrected chi connectivity index (χ3v) is 5.70. The van der Waals surface area contributed by atoms with E-state index in [-0.39, 0.29) is 5.91 Å². The Labute approximate surface area is 194 Å². The van der Waals surface area contributed by atoms with Crippen molar-refractivity contribution in [2.24, 2.45) is 0 Å². The first-order valence-electron chi connectivity index (χ1n) is 11.2. The molecule has 2 N–H and O–H groups in total. The quantitative estimate of drug-likeness (QED) is 0.599. The number of ether oxygens (including phenoxy) is 1. The molecule has 174 valence electrons. The molecule has 2 aromatic carbocycles. The number of hydrogen-bond acceptors (Lipinski definition) is 5. The van der Waals surface area contributed by atoms with Crippen molar-refractivity contribution in [2.45, 2.75) is 25.8 Å². The van der Waals surface area contributed by atoms with Gasteiger partial charge in [-0.05, 0) is 61.7 Å². The Morgan fingerprint density at radius 1 is 1.06 bits per heavy atom. The lowest BCUT2D eigenvalue weighted by atomic mass is 10.0. The zero-order valence-corrected chi connectivity index (χ0v) is 18.9.